The Kier molecular flexibility index (Phi) is 6.26. The number of hydrogen-bond donors (Lipinski definition) is 1. The van der Waals surface area contributed by atoms with Crippen molar-refractivity contribution < 1.29 is 9.53 Å². The van der Waals surface area contributed by atoms with Gasteiger partial charge in [0.25, 0.3) is 0 Å². The van der Waals surface area contributed by atoms with Crippen LogP contribution in [0.2, 0.25) is 0 Å². The molecule has 0 atom stereocenters. The number of carbonyl (C=O) groups excluding carboxylic acids is 1. The van der Waals surface area contributed by atoms with E-state index in [4.69, 9.17) is 4.74 Å². The Morgan fingerprint density at radius 1 is 1.25 bits per heavy atom. The first-order valence-electron chi connectivity index (χ1n) is 7.93. The lowest BCUT2D eigenvalue weighted by Gasteiger charge is -2.35. The minimum atomic E-state index is 0.230. The van der Waals surface area contributed by atoms with Gasteiger partial charge in [0.05, 0.1) is 19.1 Å². The van der Waals surface area contributed by atoms with Gasteiger partial charge in [0, 0.05) is 13.1 Å². The lowest BCUT2D eigenvalue weighted by molar-refractivity contribution is -0.134. The van der Waals surface area contributed by atoms with Crippen molar-refractivity contribution in [2.75, 3.05) is 46.9 Å². The molecule has 0 aliphatic carbocycles. The van der Waals surface area contributed by atoms with E-state index in [0.29, 0.717) is 25.2 Å². The van der Waals surface area contributed by atoms with E-state index in [1.807, 2.05) is 11.9 Å². The van der Waals surface area contributed by atoms with E-state index >= 15 is 0 Å². The number of piperidine rings is 2. The van der Waals surface area contributed by atoms with Crippen LogP contribution in [0.25, 0.3) is 0 Å². The summed E-state index contributed by atoms with van der Waals surface area (Å²) in [5.74, 6) is 0.230. The minimum absolute atomic E-state index is 0.230. The number of hydrogen-bond acceptors (Lipinski definition) is 4. The van der Waals surface area contributed by atoms with E-state index in [9.17, 15) is 4.79 Å². The van der Waals surface area contributed by atoms with Gasteiger partial charge in [-0.15, -0.1) is 0 Å². The zero-order valence-electron chi connectivity index (χ0n) is 12.9. The van der Waals surface area contributed by atoms with Crippen LogP contribution in [0.15, 0.2) is 0 Å². The fraction of sp³-hybridized carbons (Fsp3) is 0.933. The molecule has 0 unspecified atom stereocenters. The first-order valence-corrected chi connectivity index (χ1v) is 7.93. The van der Waals surface area contributed by atoms with Gasteiger partial charge >= 0.3 is 0 Å². The molecule has 0 aromatic carbocycles. The maximum Gasteiger partial charge on any atom is 0.224 e. The highest BCUT2D eigenvalue weighted by molar-refractivity contribution is 5.76. The van der Waals surface area contributed by atoms with Gasteiger partial charge in [-0.3, -0.25) is 4.79 Å². The summed E-state index contributed by atoms with van der Waals surface area (Å²) in [5, 5.41) is 3.32. The van der Waals surface area contributed by atoms with E-state index in [-0.39, 0.29) is 5.91 Å². The molecular weight excluding hydrogens is 254 g/mol. The summed E-state index contributed by atoms with van der Waals surface area (Å²) in [4.78, 5) is 16.5. The molecule has 2 rings (SSSR count). The van der Waals surface area contributed by atoms with E-state index in [1.165, 1.54) is 0 Å². The average Bonchev–Trinajstić information content (AvgIpc) is 2.48. The predicted molar refractivity (Wildman–Crippen MR) is 79.7 cm³/mol. The van der Waals surface area contributed by atoms with E-state index in [2.05, 4.69) is 17.3 Å². The Morgan fingerprint density at radius 3 is 2.55 bits per heavy atom. The molecule has 0 spiro atoms. The summed E-state index contributed by atoms with van der Waals surface area (Å²) in [7, 11) is 4.09. The van der Waals surface area contributed by atoms with Crippen molar-refractivity contribution in [1.82, 2.24) is 15.1 Å². The molecule has 2 saturated heterocycles. The lowest BCUT2D eigenvalue weighted by atomic mass is 10.0. The summed E-state index contributed by atoms with van der Waals surface area (Å²) in [5.41, 5.74) is 0. The molecule has 2 aliphatic heterocycles. The molecule has 5 heteroatoms. The zero-order valence-corrected chi connectivity index (χ0v) is 12.9. The van der Waals surface area contributed by atoms with Crippen molar-refractivity contribution >= 4 is 5.91 Å². The first-order chi connectivity index (χ1) is 9.66. The Balaban J connectivity index is 1.63. The van der Waals surface area contributed by atoms with Crippen LogP contribution < -0.4 is 5.32 Å². The summed E-state index contributed by atoms with van der Waals surface area (Å²) in [6.45, 7) is 4.82. The van der Waals surface area contributed by atoms with Crippen LogP contribution in [0.4, 0.5) is 0 Å². The van der Waals surface area contributed by atoms with Gasteiger partial charge in [0.15, 0.2) is 0 Å². The molecule has 1 amide bonds. The summed E-state index contributed by atoms with van der Waals surface area (Å²) in [6, 6.07) is 0.414. The maximum atomic E-state index is 12.2. The van der Waals surface area contributed by atoms with Crippen molar-refractivity contribution in [2.45, 2.75) is 44.2 Å². The molecule has 0 saturated carbocycles. The summed E-state index contributed by atoms with van der Waals surface area (Å²) >= 11 is 0. The van der Waals surface area contributed by atoms with Gasteiger partial charge < -0.3 is 19.9 Å². The third kappa shape index (κ3) is 4.72. The molecule has 0 aromatic heterocycles. The van der Waals surface area contributed by atoms with Crippen LogP contribution in [0, 0.1) is 0 Å². The second-order valence-corrected chi connectivity index (χ2v) is 6.11. The number of likely N-dealkylation sites (tertiary alicyclic amines) is 1. The smallest absolute Gasteiger partial charge is 0.224 e. The van der Waals surface area contributed by atoms with E-state index < -0.39 is 0 Å². The lowest BCUT2D eigenvalue weighted by Crippen LogP contribution is -2.44. The van der Waals surface area contributed by atoms with Gasteiger partial charge in [-0.05, 0) is 58.9 Å². The van der Waals surface area contributed by atoms with E-state index in [1.54, 1.807) is 0 Å². The molecule has 1 N–H and O–H groups in total. The number of nitrogens with one attached hydrogen (secondary N) is 1. The van der Waals surface area contributed by atoms with Crippen molar-refractivity contribution in [2.24, 2.45) is 0 Å². The maximum absolute atomic E-state index is 12.2. The number of ether oxygens (including phenoxy) is 1. The average molecular weight is 283 g/mol. The quantitative estimate of drug-likeness (QED) is 0.807. The molecular formula is C15H29N3O2. The molecule has 0 aromatic rings. The SMILES string of the molecule is CN1CCC(N(C)C(=O)CCOC2CCNCC2)CC1. The number of nitrogens with zero attached hydrogens (tertiary/aromatic N) is 2. The number of carbonyl (C=O) groups is 1. The van der Waals surface area contributed by atoms with Crippen LogP contribution in [0.1, 0.15) is 32.1 Å². The molecule has 2 fully saturated rings. The van der Waals surface area contributed by atoms with Gasteiger partial charge in [-0.2, -0.15) is 0 Å². The van der Waals surface area contributed by atoms with Crippen LogP contribution in [-0.2, 0) is 9.53 Å². The standard InChI is InChI=1S/C15H29N3O2/c1-17-10-5-13(6-11-17)18(2)15(19)7-12-20-14-3-8-16-9-4-14/h13-14,16H,3-12H2,1-2H3. The van der Waals surface area contributed by atoms with E-state index in [0.717, 1.165) is 51.9 Å². The highest BCUT2D eigenvalue weighted by Crippen LogP contribution is 2.15. The summed E-state index contributed by atoms with van der Waals surface area (Å²) < 4.78 is 5.81. The van der Waals surface area contributed by atoms with Gasteiger partial charge in [0.1, 0.15) is 0 Å². The van der Waals surface area contributed by atoms with Gasteiger partial charge in [-0.25, -0.2) is 0 Å². The monoisotopic (exact) mass is 283 g/mol. The third-order valence-corrected chi connectivity index (χ3v) is 4.58. The molecule has 2 aliphatic rings. The zero-order chi connectivity index (χ0) is 14.4. The number of amides is 1. The van der Waals surface area contributed by atoms with Gasteiger partial charge in [-0.1, -0.05) is 0 Å². The second kappa shape index (κ2) is 7.96. The Hall–Kier alpha value is -0.650. The second-order valence-electron chi connectivity index (χ2n) is 6.11. The topological polar surface area (TPSA) is 44.8 Å². The molecule has 116 valence electrons. The van der Waals surface area contributed by atoms with Gasteiger partial charge in [0.2, 0.25) is 5.91 Å². The highest BCUT2D eigenvalue weighted by Gasteiger charge is 2.24. The Bertz CT molecular complexity index is 297. The van der Waals surface area contributed by atoms with Crippen molar-refractivity contribution in [3.63, 3.8) is 0 Å². The largest absolute Gasteiger partial charge is 0.378 e. The fourth-order valence-electron chi connectivity index (χ4n) is 3.04. The predicted octanol–water partition coefficient (Wildman–Crippen LogP) is 0.698. The van der Waals surface area contributed by atoms with Crippen LogP contribution in [0.3, 0.4) is 0 Å². The van der Waals surface area contributed by atoms with Crippen LogP contribution in [-0.4, -0.2) is 74.7 Å². The molecule has 0 radical (unpaired) electrons. The number of rotatable bonds is 5. The Labute approximate surface area is 122 Å². The Morgan fingerprint density at radius 2 is 1.90 bits per heavy atom. The van der Waals surface area contributed by atoms with Crippen LogP contribution >= 0.6 is 0 Å². The van der Waals surface area contributed by atoms with Crippen molar-refractivity contribution in [3.8, 4) is 0 Å². The fourth-order valence-corrected chi connectivity index (χ4v) is 3.04. The molecule has 20 heavy (non-hydrogen) atoms. The summed E-state index contributed by atoms with van der Waals surface area (Å²) in [6.07, 6.45) is 5.18. The highest BCUT2D eigenvalue weighted by atomic mass is 16.5. The first kappa shape index (κ1) is 15.7. The molecule has 0 bridgehead atoms. The van der Waals surface area contributed by atoms with Crippen molar-refractivity contribution in [1.29, 1.82) is 0 Å². The third-order valence-electron chi connectivity index (χ3n) is 4.58. The minimum Gasteiger partial charge on any atom is -0.378 e. The normalized spacial score (nSPS) is 22.9. The van der Waals surface area contributed by atoms with Crippen LogP contribution in [0.5, 0.6) is 0 Å². The molecule has 5 nitrogen and oxygen atoms in total. The molecule has 2 heterocycles. The van der Waals surface area contributed by atoms with Crippen molar-refractivity contribution in [3.05, 3.63) is 0 Å².